The molecule has 3 aromatic rings. The predicted octanol–water partition coefficient (Wildman–Crippen LogP) is 4.44. The van der Waals surface area contributed by atoms with Gasteiger partial charge in [-0.05, 0) is 53.6 Å². The average molecular weight is 470 g/mol. The van der Waals surface area contributed by atoms with Gasteiger partial charge in [-0.1, -0.05) is 36.4 Å². The van der Waals surface area contributed by atoms with E-state index in [9.17, 15) is 19.6 Å². The molecule has 2 aromatic carbocycles. The first-order chi connectivity index (χ1) is 16.5. The summed E-state index contributed by atoms with van der Waals surface area (Å²) in [4.78, 5) is 41.1. The average Bonchev–Trinajstić information content (AvgIpc) is 3.43. The van der Waals surface area contributed by atoms with Gasteiger partial charge in [-0.2, -0.15) is 5.26 Å². The molecule has 2 aliphatic heterocycles. The quantitative estimate of drug-likeness (QED) is 0.525. The second-order valence-electron chi connectivity index (χ2n) is 7.96. The van der Waals surface area contributed by atoms with Crippen LogP contribution in [0.25, 0.3) is 17.4 Å². The van der Waals surface area contributed by atoms with Gasteiger partial charge in [0.25, 0.3) is 11.1 Å². The number of carbonyl (C=O) groups excluding carboxylic acids is 3. The second kappa shape index (κ2) is 9.04. The highest BCUT2D eigenvalue weighted by atomic mass is 32.2. The molecule has 1 aromatic heterocycles. The molecule has 2 aliphatic rings. The number of thioether (sulfide) groups is 1. The first-order valence-electron chi connectivity index (χ1n) is 10.7. The Kier molecular flexibility index (Phi) is 5.78. The number of imide groups is 1. The lowest BCUT2D eigenvalue weighted by atomic mass is 10.00. The standard InChI is InChI=1S/C26H19N3O4S/c27-14-18-6-3-4-8-21(18)22-10-9-20(33-22)13-23-25(31)29(26(32)34-23)16-24(30)28-12-11-17-5-1-2-7-19(17)15-28/h1-10,13H,11-12,15-16H2/b23-13+. The molecule has 0 saturated carbocycles. The molecule has 0 N–H and O–H groups in total. The zero-order chi connectivity index (χ0) is 23.7. The van der Waals surface area contributed by atoms with E-state index in [2.05, 4.69) is 12.1 Å². The van der Waals surface area contributed by atoms with Crippen molar-refractivity contribution >= 4 is 34.9 Å². The third-order valence-electron chi connectivity index (χ3n) is 5.86. The van der Waals surface area contributed by atoms with Crippen molar-refractivity contribution in [2.75, 3.05) is 13.1 Å². The molecular formula is C26H19N3O4S. The van der Waals surface area contributed by atoms with Crippen LogP contribution in [0, 0.1) is 11.3 Å². The Morgan fingerprint density at radius 3 is 2.65 bits per heavy atom. The number of carbonyl (C=O) groups is 3. The number of rotatable bonds is 4. The van der Waals surface area contributed by atoms with E-state index in [1.807, 2.05) is 24.3 Å². The molecular weight excluding hydrogens is 450 g/mol. The van der Waals surface area contributed by atoms with E-state index in [-0.39, 0.29) is 17.4 Å². The molecule has 34 heavy (non-hydrogen) atoms. The van der Waals surface area contributed by atoms with Crippen LogP contribution in [0.1, 0.15) is 22.5 Å². The summed E-state index contributed by atoms with van der Waals surface area (Å²) in [6.45, 7) is 0.741. The van der Waals surface area contributed by atoms with Crippen LogP contribution >= 0.6 is 11.8 Å². The molecule has 0 unspecified atom stereocenters. The SMILES string of the molecule is N#Cc1ccccc1-c1ccc(/C=C2/SC(=O)N(CC(=O)N3CCc4ccccc4C3)C2=O)o1. The minimum Gasteiger partial charge on any atom is -0.457 e. The van der Waals surface area contributed by atoms with E-state index in [0.29, 0.717) is 35.7 Å². The van der Waals surface area contributed by atoms with Gasteiger partial charge in [0.2, 0.25) is 5.91 Å². The van der Waals surface area contributed by atoms with Crippen molar-refractivity contribution in [1.82, 2.24) is 9.80 Å². The van der Waals surface area contributed by atoms with Crippen LogP contribution in [0.2, 0.25) is 0 Å². The lowest BCUT2D eigenvalue weighted by Crippen LogP contribution is -2.44. The van der Waals surface area contributed by atoms with Crippen LogP contribution in [0.4, 0.5) is 4.79 Å². The van der Waals surface area contributed by atoms with Gasteiger partial charge >= 0.3 is 0 Å². The van der Waals surface area contributed by atoms with E-state index < -0.39 is 11.1 Å². The first-order valence-corrected chi connectivity index (χ1v) is 11.5. The Morgan fingerprint density at radius 1 is 1.06 bits per heavy atom. The number of nitriles is 1. The molecule has 168 valence electrons. The summed E-state index contributed by atoms with van der Waals surface area (Å²) in [5, 5.41) is 8.82. The van der Waals surface area contributed by atoms with Crippen LogP contribution < -0.4 is 0 Å². The Bertz CT molecular complexity index is 1380. The summed E-state index contributed by atoms with van der Waals surface area (Å²) in [6.07, 6.45) is 2.24. The van der Waals surface area contributed by atoms with Gasteiger partial charge in [0, 0.05) is 24.7 Å². The minimum atomic E-state index is -0.517. The maximum absolute atomic E-state index is 12.9. The van der Waals surface area contributed by atoms with Crippen molar-refractivity contribution < 1.29 is 18.8 Å². The lowest BCUT2D eigenvalue weighted by molar-refractivity contribution is -0.136. The maximum Gasteiger partial charge on any atom is 0.294 e. The number of furan rings is 1. The van der Waals surface area contributed by atoms with Gasteiger partial charge in [-0.25, -0.2) is 0 Å². The largest absolute Gasteiger partial charge is 0.457 e. The third kappa shape index (κ3) is 4.14. The molecule has 0 bridgehead atoms. The topological polar surface area (TPSA) is 94.6 Å². The van der Waals surface area contributed by atoms with Gasteiger partial charge in [0.05, 0.1) is 16.5 Å². The van der Waals surface area contributed by atoms with Crippen LogP contribution in [0.5, 0.6) is 0 Å². The normalized spacial score (nSPS) is 16.6. The van der Waals surface area contributed by atoms with Crippen LogP contribution in [-0.4, -0.2) is 39.9 Å². The minimum absolute atomic E-state index is 0.191. The zero-order valence-corrected chi connectivity index (χ0v) is 18.9. The Morgan fingerprint density at radius 2 is 1.82 bits per heavy atom. The molecule has 0 aliphatic carbocycles. The third-order valence-corrected chi connectivity index (χ3v) is 6.77. The first kappa shape index (κ1) is 21.7. The Balaban J connectivity index is 1.29. The number of hydrogen-bond donors (Lipinski definition) is 0. The molecule has 0 radical (unpaired) electrons. The number of hydrogen-bond acceptors (Lipinski definition) is 6. The van der Waals surface area contributed by atoms with Crippen molar-refractivity contribution in [3.05, 3.63) is 88.0 Å². The van der Waals surface area contributed by atoms with E-state index in [1.165, 1.54) is 11.6 Å². The van der Waals surface area contributed by atoms with E-state index >= 15 is 0 Å². The number of fused-ring (bicyclic) bond motifs is 1. The molecule has 0 spiro atoms. The Labute approximate surface area is 200 Å². The summed E-state index contributed by atoms with van der Waals surface area (Å²) in [7, 11) is 0. The van der Waals surface area contributed by atoms with E-state index in [4.69, 9.17) is 4.42 Å². The van der Waals surface area contributed by atoms with Crippen LogP contribution in [-0.2, 0) is 22.6 Å². The molecule has 1 saturated heterocycles. The Hall–Kier alpha value is -4.09. The fourth-order valence-corrected chi connectivity index (χ4v) is 4.90. The van der Waals surface area contributed by atoms with E-state index in [1.54, 1.807) is 35.2 Å². The summed E-state index contributed by atoms with van der Waals surface area (Å²) < 4.78 is 5.80. The fourth-order valence-electron chi connectivity index (χ4n) is 4.08. The molecule has 3 amide bonds. The van der Waals surface area contributed by atoms with Gasteiger partial charge in [0.15, 0.2) is 0 Å². The van der Waals surface area contributed by atoms with Crippen molar-refractivity contribution in [1.29, 1.82) is 5.26 Å². The summed E-state index contributed by atoms with van der Waals surface area (Å²) in [5.41, 5.74) is 3.42. The molecule has 3 heterocycles. The summed E-state index contributed by atoms with van der Waals surface area (Å²) >= 11 is 0.782. The zero-order valence-electron chi connectivity index (χ0n) is 18.1. The second-order valence-corrected chi connectivity index (χ2v) is 8.95. The lowest BCUT2D eigenvalue weighted by Gasteiger charge is -2.29. The smallest absolute Gasteiger partial charge is 0.294 e. The monoisotopic (exact) mass is 469 g/mol. The van der Waals surface area contributed by atoms with Gasteiger partial charge in [-0.3, -0.25) is 19.3 Å². The maximum atomic E-state index is 12.9. The van der Waals surface area contributed by atoms with Gasteiger partial charge in [-0.15, -0.1) is 0 Å². The van der Waals surface area contributed by atoms with Crippen molar-refractivity contribution in [3.8, 4) is 17.4 Å². The molecule has 1 fully saturated rings. The number of amides is 3. The summed E-state index contributed by atoms with van der Waals surface area (Å²) in [6, 6.07) is 20.5. The molecule has 5 rings (SSSR count). The molecule has 0 atom stereocenters. The highest BCUT2D eigenvalue weighted by Crippen LogP contribution is 2.34. The molecule has 8 heteroatoms. The predicted molar refractivity (Wildman–Crippen MR) is 127 cm³/mol. The van der Waals surface area contributed by atoms with Gasteiger partial charge < -0.3 is 9.32 Å². The van der Waals surface area contributed by atoms with E-state index in [0.717, 1.165) is 28.6 Å². The van der Waals surface area contributed by atoms with Crippen molar-refractivity contribution in [2.45, 2.75) is 13.0 Å². The number of nitrogens with zero attached hydrogens (tertiary/aromatic N) is 3. The van der Waals surface area contributed by atoms with Gasteiger partial charge in [0.1, 0.15) is 18.1 Å². The van der Waals surface area contributed by atoms with Crippen LogP contribution in [0.3, 0.4) is 0 Å². The fraction of sp³-hybridized carbons (Fsp3) is 0.154. The highest BCUT2D eigenvalue weighted by molar-refractivity contribution is 8.18. The summed E-state index contributed by atoms with van der Waals surface area (Å²) in [5.74, 6) is 0.0953. The number of benzene rings is 2. The van der Waals surface area contributed by atoms with Crippen molar-refractivity contribution in [2.24, 2.45) is 0 Å². The van der Waals surface area contributed by atoms with Crippen LogP contribution in [0.15, 0.2) is 70.0 Å². The van der Waals surface area contributed by atoms with Crippen molar-refractivity contribution in [3.63, 3.8) is 0 Å². The molecule has 7 nitrogen and oxygen atoms in total. The highest BCUT2D eigenvalue weighted by Gasteiger charge is 2.37.